The highest BCUT2D eigenvalue weighted by Crippen LogP contribution is 2.43. The first-order valence-electron chi connectivity index (χ1n) is 15.3. The second-order valence-electron chi connectivity index (χ2n) is 11.8. The summed E-state index contributed by atoms with van der Waals surface area (Å²) in [5.74, 6) is 1.12. The van der Waals surface area contributed by atoms with Gasteiger partial charge in [-0.2, -0.15) is 13.2 Å². The highest BCUT2D eigenvalue weighted by atomic mass is 19.4. The molecule has 0 amide bonds. The van der Waals surface area contributed by atoms with Crippen LogP contribution < -0.4 is 4.74 Å². The van der Waals surface area contributed by atoms with E-state index in [2.05, 4.69) is 6.92 Å². The van der Waals surface area contributed by atoms with E-state index in [0.717, 1.165) is 55.1 Å². The lowest BCUT2D eigenvalue weighted by molar-refractivity contribution is -0.140. The van der Waals surface area contributed by atoms with Gasteiger partial charge in [-0.05, 0) is 74.8 Å². The third-order valence-electron chi connectivity index (χ3n) is 9.15. The number of carbonyl (C=O) groups is 1. The van der Waals surface area contributed by atoms with Gasteiger partial charge in [0.2, 0.25) is 0 Å². The molecular weight excluding hydrogens is 492 g/mol. The summed E-state index contributed by atoms with van der Waals surface area (Å²) in [4.78, 5) is 12.5. The number of halogens is 4. The van der Waals surface area contributed by atoms with Gasteiger partial charge in [-0.15, -0.1) is 0 Å². The van der Waals surface area contributed by atoms with Crippen LogP contribution in [0, 0.1) is 29.5 Å². The van der Waals surface area contributed by atoms with Crippen molar-refractivity contribution in [3.63, 3.8) is 0 Å². The Morgan fingerprint density at radius 3 is 1.92 bits per heavy atom. The van der Waals surface area contributed by atoms with Gasteiger partial charge in [0.05, 0.1) is 6.61 Å². The fraction of sp³-hybridized carbons (Fsp3) is 0.781. The predicted octanol–water partition coefficient (Wildman–Crippen LogP) is 10.6. The molecule has 0 spiro atoms. The van der Waals surface area contributed by atoms with Crippen LogP contribution in [0.15, 0.2) is 12.1 Å². The number of ether oxygens (including phenoxy) is 1. The molecule has 0 bridgehead atoms. The highest BCUT2D eigenvalue weighted by Gasteiger charge is 2.40. The summed E-state index contributed by atoms with van der Waals surface area (Å²) < 4.78 is 59.8. The molecule has 0 saturated heterocycles. The molecule has 0 aromatic heterocycles. The number of Topliss-reactive ketones (excluding diaryl/α,β-unsaturated/α-hetero) is 1. The maximum atomic E-state index is 14.4. The molecule has 6 heteroatoms. The monoisotopic (exact) mass is 540 g/mol. The molecular formula is C32H48F4O2. The maximum Gasteiger partial charge on any atom is 0.420 e. The molecule has 0 unspecified atom stereocenters. The first-order chi connectivity index (χ1) is 18.2. The van der Waals surface area contributed by atoms with Gasteiger partial charge in [-0.25, -0.2) is 4.39 Å². The van der Waals surface area contributed by atoms with Gasteiger partial charge in [-0.3, -0.25) is 4.79 Å². The van der Waals surface area contributed by atoms with Crippen molar-refractivity contribution in [2.45, 2.75) is 129 Å². The maximum absolute atomic E-state index is 14.4. The number of unbranched alkanes of at least 4 members (excludes halogenated alkanes) is 4. The van der Waals surface area contributed by atoms with Gasteiger partial charge >= 0.3 is 6.18 Å². The van der Waals surface area contributed by atoms with Crippen molar-refractivity contribution in [3.05, 3.63) is 29.1 Å². The van der Waals surface area contributed by atoms with Crippen LogP contribution in [-0.4, -0.2) is 12.4 Å². The smallest absolute Gasteiger partial charge is 0.420 e. The minimum Gasteiger partial charge on any atom is -0.491 e. The van der Waals surface area contributed by atoms with E-state index in [1.54, 1.807) is 6.92 Å². The van der Waals surface area contributed by atoms with Crippen molar-refractivity contribution in [2.75, 3.05) is 6.61 Å². The summed E-state index contributed by atoms with van der Waals surface area (Å²) in [7, 11) is 0. The van der Waals surface area contributed by atoms with Gasteiger partial charge in [0, 0.05) is 12.0 Å². The Balaban J connectivity index is 1.30. The molecule has 2 fully saturated rings. The number of carbonyl (C=O) groups excluding carboxylic acids is 1. The van der Waals surface area contributed by atoms with Gasteiger partial charge in [-0.1, -0.05) is 77.6 Å². The fourth-order valence-electron chi connectivity index (χ4n) is 7.02. The average molecular weight is 541 g/mol. The number of benzene rings is 1. The van der Waals surface area contributed by atoms with Crippen LogP contribution in [0.4, 0.5) is 17.6 Å². The third-order valence-corrected chi connectivity index (χ3v) is 9.15. The Bertz CT molecular complexity index is 850. The second kappa shape index (κ2) is 15.3. The lowest BCUT2D eigenvalue weighted by atomic mass is 9.68. The van der Waals surface area contributed by atoms with E-state index >= 15 is 0 Å². The number of hydrogen-bond acceptors (Lipinski definition) is 2. The molecule has 0 aliphatic heterocycles. The molecule has 0 radical (unpaired) electrons. The summed E-state index contributed by atoms with van der Waals surface area (Å²) in [6, 6.07) is 2.16. The largest absolute Gasteiger partial charge is 0.491 e. The number of ketones is 1. The van der Waals surface area contributed by atoms with E-state index in [1.165, 1.54) is 77.0 Å². The molecule has 0 heterocycles. The molecule has 216 valence electrons. The SMILES string of the molecule is CCCC1CCC(C2CCC(CCCCCCCC(=O)c3ccc(OCC)c(F)c3C(F)(F)F)CC2)CC1. The van der Waals surface area contributed by atoms with Crippen molar-refractivity contribution in [3.8, 4) is 5.75 Å². The lowest BCUT2D eigenvalue weighted by Crippen LogP contribution is -2.25. The molecule has 0 N–H and O–H groups in total. The van der Waals surface area contributed by atoms with Gasteiger partial charge in [0.1, 0.15) is 5.56 Å². The molecule has 38 heavy (non-hydrogen) atoms. The molecule has 3 rings (SSSR count). The minimum atomic E-state index is -4.95. The van der Waals surface area contributed by atoms with E-state index in [4.69, 9.17) is 4.74 Å². The fourth-order valence-corrected chi connectivity index (χ4v) is 7.02. The summed E-state index contributed by atoms with van der Waals surface area (Å²) in [6.07, 6.45) is 15.0. The lowest BCUT2D eigenvalue weighted by Gasteiger charge is -2.38. The summed E-state index contributed by atoms with van der Waals surface area (Å²) in [5, 5.41) is 0. The highest BCUT2D eigenvalue weighted by molar-refractivity contribution is 5.97. The first-order valence-corrected chi connectivity index (χ1v) is 15.3. The van der Waals surface area contributed by atoms with Crippen LogP contribution in [0.5, 0.6) is 5.75 Å². The second-order valence-corrected chi connectivity index (χ2v) is 11.8. The Morgan fingerprint density at radius 1 is 0.816 bits per heavy atom. The molecule has 2 nitrogen and oxygen atoms in total. The van der Waals surface area contributed by atoms with E-state index in [9.17, 15) is 22.4 Å². The zero-order valence-corrected chi connectivity index (χ0v) is 23.5. The van der Waals surface area contributed by atoms with E-state index in [-0.39, 0.29) is 13.0 Å². The quantitative estimate of drug-likeness (QED) is 0.133. The zero-order valence-electron chi connectivity index (χ0n) is 23.5. The number of rotatable bonds is 14. The van der Waals surface area contributed by atoms with Gasteiger partial charge < -0.3 is 4.74 Å². The Kier molecular flexibility index (Phi) is 12.4. The van der Waals surface area contributed by atoms with Gasteiger partial charge in [0.15, 0.2) is 17.3 Å². The Morgan fingerprint density at radius 2 is 1.37 bits per heavy atom. The van der Waals surface area contributed by atoms with Crippen molar-refractivity contribution in [2.24, 2.45) is 23.7 Å². The van der Waals surface area contributed by atoms with Crippen molar-refractivity contribution < 1.29 is 27.1 Å². The summed E-state index contributed by atoms with van der Waals surface area (Å²) in [5.41, 5.74) is -2.10. The number of alkyl halides is 3. The van der Waals surface area contributed by atoms with E-state index in [1.807, 2.05) is 0 Å². The standard InChI is InChI=1S/C32H48F4O2/c1-3-10-23-13-17-25(18-14-23)26-19-15-24(16-20-26)11-8-6-5-7-9-12-28(37)27-21-22-29(38-4-2)31(33)30(27)32(34,35)36/h21-26H,3-20H2,1-2H3. The van der Waals surface area contributed by atoms with Gasteiger partial charge in [0.25, 0.3) is 0 Å². The van der Waals surface area contributed by atoms with Crippen LogP contribution in [0.2, 0.25) is 0 Å². The van der Waals surface area contributed by atoms with Crippen LogP contribution in [0.1, 0.15) is 139 Å². The van der Waals surface area contributed by atoms with Crippen LogP contribution in [0.25, 0.3) is 0 Å². The van der Waals surface area contributed by atoms with Crippen LogP contribution >= 0.6 is 0 Å². The molecule has 2 aliphatic carbocycles. The van der Waals surface area contributed by atoms with Crippen LogP contribution in [0.3, 0.4) is 0 Å². The van der Waals surface area contributed by atoms with Crippen LogP contribution in [-0.2, 0) is 6.18 Å². The molecule has 1 aromatic carbocycles. The zero-order chi connectivity index (χ0) is 27.5. The van der Waals surface area contributed by atoms with Crippen molar-refractivity contribution >= 4 is 5.78 Å². The Hall–Kier alpha value is -1.59. The molecule has 0 atom stereocenters. The summed E-state index contributed by atoms with van der Waals surface area (Å²) in [6.45, 7) is 3.91. The topological polar surface area (TPSA) is 26.3 Å². The normalized spacial score (nSPS) is 24.4. The first kappa shape index (κ1) is 30.9. The van der Waals surface area contributed by atoms with Crippen molar-refractivity contribution in [1.82, 2.24) is 0 Å². The van der Waals surface area contributed by atoms with E-state index in [0.29, 0.717) is 6.42 Å². The Labute approximate surface area is 227 Å². The van der Waals surface area contributed by atoms with E-state index < -0.39 is 34.7 Å². The average Bonchev–Trinajstić information content (AvgIpc) is 2.89. The minimum absolute atomic E-state index is 0.000866. The molecule has 1 aromatic rings. The molecule has 2 aliphatic rings. The molecule has 2 saturated carbocycles. The van der Waals surface area contributed by atoms with Crippen molar-refractivity contribution in [1.29, 1.82) is 0 Å². The summed E-state index contributed by atoms with van der Waals surface area (Å²) >= 11 is 0. The third kappa shape index (κ3) is 8.98. The number of hydrogen-bond donors (Lipinski definition) is 0. The predicted molar refractivity (Wildman–Crippen MR) is 145 cm³/mol.